The Hall–Kier alpha value is -3.12. The van der Waals surface area contributed by atoms with Crippen LogP contribution in [0.4, 0.5) is 0 Å². The van der Waals surface area contributed by atoms with Gasteiger partial charge in [0.15, 0.2) is 6.61 Å². The van der Waals surface area contributed by atoms with Crippen molar-refractivity contribution in [3.63, 3.8) is 0 Å². The first-order chi connectivity index (χ1) is 18.1. The van der Waals surface area contributed by atoms with Crippen LogP contribution in [0.3, 0.4) is 0 Å². The number of benzene rings is 3. The van der Waals surface area contributed by atoms with E-state index in [1.807, 2.05) is 92.7 Å². The average molecular weight is 580 g/mol. The summed E-state index contributed by atoms with van der Waals surface area (Å²) in [6, 6.07) is 24.8. The highest BCUT2D eigenvalue weighted by atomic mass is 79.9. The number of nitrogens with zero attached hydrogens (tertiary/aromatic N) is 1. The number of hydrogen-bond acceptors (Lipinski definition) is 3. The predicted octanol–water partition coefficient (Wildman–Crippen LogP) is 6.68. The number of nitrogens with one attached hydrogen (secondary N) is 1. The van der Waals surface area contributed by atoms with Crippen LogP contribution in [-0.4, -0.2) is 35.4 Å². The van der Waals surface area contributed by atoms with Crippen molar-refractivity contribution in [2.24, 2.45) is 0 Å². The molecule has 0 heterocycles. The first kappa shape index (κ1) is 29.4. The number of ether oxygens (including phenoxy) is 1. The Balaban J connectivity index is 1.89. The topological polar surface area (TPSA) is 58.6 Å². The number of halogens is 1. The van der Waals surface area contributed by atoms with Crippen molar-refractivity contribution in [1.82, 2.24) is 10.2 Å². The van der Waals surface area contributed by atoms with Crippen LogP contribution in [0.25, 0.3) is 0 Å². The van der Waals surface area contributed by atoms with Crippen LogP contribution in [0.2, 0.25) is 0 Å². The summed E-state index contributed by atoms with van der Waals surface area (Å²) >= 11 is 3.60. The molecule has 0 spiro atoms. The fraction of sp³-hybridized carbons (Fsp3) is 0.375. The molecule has 0 bridgehead atoms. The third kappa shape index (κ3) is 8.45. The van der Waals surface area contributed by atoms with Crippen LogP contribution < -0.4 is 10.1 Å². The Morgan fingerprint density at radius 2 is 1.55 bits per heavy atom. The molecule has 3 rings (SSSR count). The molecule has 38 heavy (non-hydrogen) atoms. The maximum Gasteiger partial charge on any atom is 0.261 e. The van der Waals surface area contributed by atoms with Gasteiger partial charge in [-0.2, -0.15) is 0 Å². The summed E-state index contributed by atoms with van der Waals surface area (Å²) in [5, 5.41) is 3.09. The van der Waals surface area contributed by atoms with E-state index >= 15 is 0 Å². The number of amides is 2. The van der Waals surface area contributed by atoms with Gasteiger partial charge in [0, 0.05) is 19.0 Å². The van der Waals surface area contributed by atoms with Gasteiger partial charge in [-0.3, -0.25) is 9.59 Å². The molecular formula is C32H39BrN2O3. The van der Waals surface area contributed by atoms with E-state index < -0.39 is 6.04 Å². The smallest absolute Gasteiger partial charge is 0.261 e. The lowest BCUT2D eigenvalue weighted by atomic mass is 9.87. The molecule has 3 aromatic rings. The molecule has 202 valence electrons. The zero-order chi connectivity index (χ0) is 27.7. The Kier molecular flexibility index (Phi) is 10.5. The second kappa shape index (κ2) is 13.6. The maximum absolute atomic E-state index is 13.8. The van der Waals surface area contributed by atoms with E-state index in [-0.39, 0.29) is 29.9 Å². The van der Waals surface area contributed by atoms with Gasteiger partial charge < -0.3 is 15.0 Å². The van der Waals surface area contributed by atoms with Crippen molar-refractivity contribution in [3.05, 3.63) is 100 Å². The van der Waals surface area contributed by atoms with Gasteiger partial charge in [-0.15, -0.1) is 0 Å². The summed E-state index contributed by atoms with van der Waals surface area (Å²) < 4.78 is 6.79. The maximum atomic E-state index is 13.8. The van der Waals surface area contributed by atoms with Crippen LogP contribution in [0.15, 0.2) is 83.3 Å². The van der Waals surface area contributed by atoms with Crippen molar-refractivity contribution in [2.75, 3.05) is 6.61 Å². The zero-order valence-corrected chi connectivity index (χ0v) is 24.6. The average Bonchev–Trinajstić information content (AvgIpc) is 2.90. The van der Waals surface area contributed by atoms with Crippen LogP contribution in [-0.2, 0) is 28.0 Å². The monoisotopic (exact) mass is 578 g/mol. The molecule has 0 aliphatic heterocycles. The van der Waals surface area contributed by atoms with E-state index in [9.17, 15) is 9.59 Å². The van der Waals surface area contributed by atoms with Crippen LogP contribution in [0.1, 0.15) is 57.7 Å². The number of carbonyl (C=O) groups excluding carboxylic acids is 2. The first-order valence-corrected chi connectivity index (χ1v) is 14.0. The normalized spacial score (nSPS) is 12.9. The summed E-state index contributed by atoms with van der Waals surface area (Å²) in [5.74, 6) is 0.179. The Labute approximate surface area is 235 Å². The Morgan fingerprint density at radius 3 is 2.11 bits per heavy atom. The molecule has 0 fully saturated rings. The minimum atomic E-state index is -0.686. The Morgan fingerprint density at radius 1 is 0.947 bits per heavy atom. The third-order valence-corrected chi connectivity index (χ3v) is 7.24. The van der Waals surface area contributed by atoms with Crippen molar-refractivity contribution >= 4 is 27.7 Å². The number of hydrogen-bond donors (Lipinski definition) is 1. The summed E-state index contributed by atoms with van der Waals surface area (Å²) in [6.45, 7) is 10.6. The van der Waals surface area contributed by atoms with Gasteiger partial charge in [0.1, 0.15) is 11.8 Å². The first-order valence-electron chi connectivity index (χ1n) is 13.2. The van der Waals surface area contributed by atoms with Gasteiger partial charge in [-0.1, -0.05) is 94.4 Å². The van der Waals surface area contributed by atoms with Gasteiger partial charge >= 0.3 is 0 Å². The number of rotatable bonds is 11. The summed E-state index contributed by atoms with van der Waals surface area (Å²) in [7, 11) is 0. The quantitative estimate of drug-likeness (QED) is 0.276. The van der Waals surface area contributed by atoms with Crippen LogP contribution >= 0.6 is 15.9 Å². The fourth-order valence-electron chi connectivity index (χ4n) is 4.08. The highest BCUT2D eigenvalue weighted by Gasteiger charge is 2.31. The second-order valence-electron chi connectivity index (χ2n) is 10.7. The minimum Gasteiger partial charge on any atom is -0.483 e. The fourth-order valence-corrected chi connectivity index (χ4v) is 4.58. The minimum absolute atomic E-state index is 0.00277. The largest absolute Gasteiger partial charge is 0.483 e. The van der Waals surface area contributed by atoms with Gasteiger partial charge in [-0.05, 0) is 63.5 Å². The summed E-state index contributed by atoms with van der Waals surface area (Å²) in [4.78, 5) is 29.0. The van der Waals surface area contributed by atoms with Crippen molar-refractivity contribution in [3.8, 4) is 5.75 Å². The summed E-state index contributed by atoms with van der Waals surface area (Å²) in [5.41, 5.74) is 3.10. The molecular weight excluding hydrogens is 540 g/mol. The van der Waals surface area contributed by atoms with Crippen molar-refractivity contribution in [1.29, 1.82) is 0 Å². The van der Waals surface area contributed by atoms with E-state index in [1.54, 1.807) is 4.90 Å². The summed E-state index contributed by atoms with van der Waals surface area (Å²) in [6.07, 6.45) is 1.21. The lowest BCUT2D eigenvalue weighted by Crippen LogP contribution is -2.53. The molecule has 5 nitrogen and oxygen atoms in total. The number of carbonyl (C=O) groups is 2. The lowest BCUT2D eigenvalue weighted by molar-refractivity contribution is -0.143. The molecule has 3 aromatic carbocycles. The van der Waals surface area contributed by atoms with Crippen LogP contribution in [0, 0.1) is 0 Å². The lowest BCUT2D eigenvalue weighted by Gasteiger charge is -2.32. The van der Waals surface area contributed by atoms with Crippen LogP contribution in [0.5, 0.6) is 5.75 Å². The molecule has 6 heteroatoms. The van der Waals surface area contributed by atoms with E-state index in [0.29, 0.717) is 18.7 Å². The van der Waals surface area contributed by atoms with Gasteiger partial charge in [0.2, 0.25) is 5.91 Å². The molecule has 0 radical (unpaired) electrons. The van der Waals surface area contributed by atoms with E-state index in [1.165, 1.54) is 5.56 Å². The highest BCUT2D eigenvalue weighted by Crippen LogP contribution is 2.31. The standard InChI is InChI=1S/C32H39BrN2O3/c1-6-23(2)34-31(37)28(19-24-13-9-7-10-14-24)35(21-25-15-11-8-12-16-25)30(36)22-38-29-18-17-26(20-27(29)33)32(3,4)5/h7-18,20,23,28H,6,19,21-22H2,1-5H3,(H,34,37)/t23-,28+/m1/s1. The van der Waals surface area contributed by atoms with E-state index in [0.717, 1.165) is 22.0 Å². The van der Waals surface area contributed by atoms with Gasteiger partial charge in [-0.25, -0.2) is 0 Å². The second-order valence-corrected chi connectivity index (χ2v) is 11.6. The third-order valence-electron chi connectivity index (χ3n) is 6.62. The van der Waals surface area contributed by atoms with E-state index in [2.05, 4.69) is 42.0 Å². The molecule has 0 saturated carbocycles. The molecule has 0 aliphatic rings. The van der Waals surface area contributed by atoms with Gasteiger partial charge in [0.05, 0.1) is 4.47 Å². The SMILES string of the molecule is CC[C@@H](C)NC(=O)[C@H](Cc1ccccc1)N(Cc1ccccc1)C(=O)COc1ccc(C(C)(C)C)cc1Br. The van der Waals surface area contributed by atoms with Gasteiger partial charge in [0.25, 0.3) is 5.91 Å². The molecule has 0 aromatic heterocycles. The molecule has 0 saturated heterocycles. The molecule has 0 unspecified atom stereocenters. The zero-order valence-electron chi connectivity index (χ0n) is 23.0. The molecule has 2 atom stereocenters. The van der Waals surface area contributed by atoms with E-state index in [4.69, 9.17) is 4.74 Å². The Bertz CT molecular complexity index is 1190. The van der Waals surface area contributed by atoms with Crippen molar-refractivity contribution in [2.45, 2.75) is 71.5 Å². The predicted molar refractivity (Wildman–Crippen MR) is 157 cm³/mol. The van der Waals surface area contributed by atoms with Crippen molar-refractivity contribution < 1.29 is 14.3 Å². The highest BCUT2D eigenvalue weighted by molar-refractivity contribution is 9.10. The molecule has 1 N–H and O–H groups in total. The molecule has 2 amide bonds. The molecule has 0 aliphatic carbocycles.